The summed E-state index contributed by atoms with van der Waals surface area (Å²) in [4.78, 5) is 19.6. The SMILES string of the molecule is COc1cc2c(N3CCN[C@@H](C)C3)ccc(C(=O)Nc3cc(F)c4nc(C)cn4c3)c2nn1. The Labute approximate surface area is 189 Å². The number of hydrogen-bond acceptors (Lipinski definition) is 7. The lowest BCUT2D eigenvalue weighted by atomic mass is 10.1. The number of pyridine rings is 1. The third-order valence-corrected chi connectivity index (χ3v) is 5.76. The van der Waals surface area contributed by atoms with Crippen LogP contribution in [0, 0.1) is 12.7 Å². The van der Waals surface area contributed by atoms with E-state index in [9.17, 15) is 9.18 Å². The Morgan fingerprint density at radius 2 is 2.12 bits per heavy atom. The van der Waals surface area contributed by atoms with E-state index >= 15 is 0 Å². The second-order valence-corrected chi connectivity index (χ2v) is 8.23. The summed E-state index contributed by atoms with van der Waals surface area (Å²) in [6.45, 7) is 6.44. The fraction of sp³-hybridized carbons (Fsp3) is 0.304. The van der Waals surface area contributed by atoms with Gasteiger partial charge in [0.1, 0.15) is 5.52 Å². The van der Waals surface area contributed by atoms with E-state index in [-0.39, 0.29) is 5.65 Å². The van der Waals surface area contributed by atoms with Crippen LogP contribution in [0.1, 0.15) is 23.0 Å². The number of hydrogen-bond donors (Lipinski definition) is 2. The molecule has 9 nitrogen and oxygen atoms in total. The average molecular weight is 449 g/mol. The van der Waals surface area contributed by atoms with E-state index < -0.39 is 11.7 Å². The fourth-order valence-corrected chi connectivity index (χ4v) is 4.26. The van der Waals surface area contributed by atoms with Crippen LogP contribution < -0.4 is 20.3 Å². The molecule has 0 radical (unpaired) electrons. The molecule has 1 aliphatic rings. The zero-order valence-corrected chi connectivity index (χ0v) is 18.6. The van der Waals surface area contributed by atoms with Crippen LogP contribution in [0.4, 0.5) is 15.8 Å². The topological polar surface area (TPSA) is 96.7 Å². The number of carbonyl (C=O) groups is 1. The molecule has 0 aliphatic carbocycles. The number of carbonyl (C=O) groups excluding carboxylic acids is 1. The van der Waals surface area contributed by atoms with Gasteiger partial charge in [-0.05, 0) is 26.0 Å². The van der Waals surface area contributed by atoms with E-state index in [2.05, 4.69) is 37.6 Å². The van der Waals surface area contributed by atoms with Crippen molar-refractivity contribution in [2.24, 2.45) is 0 Å². The molecule has 4 aromatic rings. The zero-order chi connectivity index (χ0) is 23.1. The van der Waals surface area contributed by atoms with Gasteiger partial charge in [-0.15, -0.1) is 10.2 Å². The molecule has 0 unspecified atom stereocenters. The lowest BCUT2D eigenvalue weighted by molar-refractivity contribution is 0.102. The molecule has 10 heteroatoms. The molecule has 1 saturated heterocycles. The smallest absolute Gasteiger partial charge is 0.257 e. The van der Waals surface area contributed by atoms with Gasteiger partial charge in [-0.1, -0.05) is 0 Å². The van der Waals surface area contributed by atoms with Crippen LogP contribution in [-0.2, 0) is 0 Å². The summed E-state index contributed by atoms with van der Waals surface area (Å²) in [5.41, 5.74) is 2.97. The first kappa shape index (κ1) is 21.1. The molecule has 2 N–H and O–H groups in total. The highest BCUT2D eigenvalue weighted by molar-refractivity contribution is 6.13. The lowest BCUT2D eigenvalue weighted by Crippen LogP contribution is -2.49. The predicted octanol–water partition coefficient (Wildman–Crippen LogP) is 2.78. The molecule has 0 bridgehead atoms. The van der Waals surface area contributed by atoms with Crippen molar-refractivity contribution in [2.75, 3.05) is 37.0 Å². The molecule has 1 aliphatic heterocycles. The Kier molecular flexibility index (Phi) is 5.29. The van der Waals surface area contributed by atoms with Gasteiger partial charge in [0.15, 0.2) is 11.5 Å². The molecule has 1 aromatic carbocycles. The van der Waals surface area contributed by atoms with E-state index in [0.29, 0.717) is 34.4 Å². The molecule has 1 atom stereocenters. The molecule has 0 spiro atoms. The first-order valence-electron chi connectivity index (χ1n) is 10.7. The minimum Gasteiger partial charge on any atom is -0.480 e. The molecule has 3 aromatic heterocycles. The number of benzene rings is 1. The first-order valence-corrected chi connectivity index (χ1v) is 10.7. The number of imidazole rings is 1. The van der Waals surface area contributed by atoms with Crippen molar-refractivity contribution in [3.05, 3.63) is 53.7 Å². The van der Waals surface area contributed by atoms with Gasteiger partial charge >= 0.3 is 0 Å². The van der Waals surface area contributed by atoms with Crippen molar-refractivity contribution in [3.8, 4) is 5.88 Å². The Hall–Kier alpha value is -3.79. The highest BCUT2D eigenvalue weighted by atomic mass is 19.1. The van der Waals surface area contributed by atoms with E-state index in [1.165, 1.54) is 13.2 Å². The normalized spacial score (nSPS) is 16.4. The maximum Gasteiger partial charge on any atom is 0.257 e. The standard InChI is InChI=1S/C23H24FN7O2/c1-13-10-30(7-6-25-13)19-5-4-16(21-17(19)9-20(33-3)28-29-21)23(32)27-15-8-18(24)22-26-14(2)11-31(22)12-15/h4-5,8-9,11-13,25H,6-7,10H2,1-3H3,(H,27,32)/t13-/m0/s1. The van der Waals surface area contributed by atoms with Crippen LogP contribution in [0.3, 0.4) is 0 Å². The van der Waals surface area contributed by atoms with Gasteiger partial charge in [0, 0.05) is 61.3 Å². The fourth-order valence-electron chi connectivity index (χ4n) is 4.26. The van der Waals surface area contributed by atoms with Gasteiger partial charge < -0.3 is 24.7 Å². The van der Waals surface area contributed by atoms with E-state index in [1.54, 1.807) is 35.9 Å². The van der Waals surface area contributed by atoms with Crippen LogP contribution in [0.5, 0.6) is 5.88 Å². The van der Waals surface area contributed by atoms with E-state index in [1.807, 2.05) is 6.07 Å². The molecular weight excluding hydrogens is 425 g/mol. The van der Waals surface area contributed by atoms with Crippen molar-refractivity contribution < 1.29 is 13.9 Å². The molecular formula is C23H24FN7O2. The Morgan fingerprint density at radius 3 is 2.91 bits per heavy atom. The number of anilines is 2. The van der Waals surface area contributed by atoms with Gasteiger partial charge in [0.05, 0.1) is 24.1 Å². The summed E-state index contributed by atoms with van der Waals surface area (Å²) in [6.07, 6.45) is 3.33. The second-order valence-electron chi connectivity index (χ2n) is 8.23. The van der Waals surface area contributed by atoms with Gasteiger partial charge in [-0.3, -0.25) is 4.79 Å². The summed E-state index contributed by atoms with van der Waals surface area (Å²) in [7, 11) is 1.53. The lowest BCUT2D eigenvalue weighted by Gasteiger charge is -2.34. The number of amides is 1. The number of halogens is 1. The van der Waals surface area contributed by atoms with Crippen LogP contribution in [0.2, 0.25) is 0 Å². The third kappa shape index (κ3) is 3.93. The van der Waals surface area contributed by atoms with Crippen molar-refractivity contribution in [1.82, 2.24) is 24.9 Å². The summed E-state index contributed by atoms with van der Waals surface area (Å²) >= 11 is 0. The largest absolute Gasteiger partial charge is 0.480 e. The molecule has 170 valence electrons. The first-order chi connectivity index (χ1) is 15.9. The minimum atomic E-state index is -0.515. The summed E-state index contributed by atoms with van der Waals surface area (Å²) in [5.74, 6) is -0.554. The van der Waals surface area contributed by atoms with E-state index in [4.69, 9.17) is 4.74 Å². The maximum atomic E-state index is 14.5. The summed E-state index contributed by atoms with van der Waals surface area (Å²) in [5, 5.41) is 15.4. The molecule has 4 heterocycles. The average Bonchev–Trinajstić information content (AvgIpc) is 3.18. The number of rotatable bonds is 4. The van der Waals surface area contributed by atoms with Crippen molar-refractivity contribution in [2.45, 2.75) is 19.9 Å². The molecule has 33 heavy (non-hydrogen) atoms. The van der Waals surface area contributed by atoms with Crippen LogP contribution in [-0.4, -0.2) is 58.3 Å². The number of fused-ring (bicyclic) bond motifs is 2. The number of piperazine rings is 1. The zero-order valence-electron chi connectivity index (χ0n) is 18.6. The van der Waals surface area contributed by atoms with Crippen LogP contribution >= 0.6 is 0 Å². The van der Waals surface area contributed by atoms with E-state index in [0.717, 1.165) is 30.7 Å². The summed E-state index contributed by atoms with van der Waals surface area (Å²) in [6, 6.07) is 7.04. The summed E-state index contributed by atoms with van der Waals surface area (Å²) < 4.78 is 21.3. The minimum absolute atomic E-state index is 0.212. The molecule has 1 amide bonds. The Balaban J connectivity index is 1.54. The predicted molar refractivity (Wildman–Crippen MR) is 124 cm³/mol. The number of nitrogens with zero attached hydrogens (tertiary/aromatic N) is 5. The Bertz CT molecular complexity index is 1370. The monoisotopic (exact) mass is 449 g/mol. The van der Waals surface area contributed by atoms with Crippen LogP contribution in [0.15, 0.2) is 36.7 Å². The number of aryl methyl sites for hydroxylation is 1. The highest BCUT2D eigenvalue weighted by Crippen LogP contribution is 2.31. The number of nitrogens with one attached hydrogen (secondary N) is 2. The number of methoxy groups -OCH3 is 1. The van der Waals surface area contributed by atoms with Gasteiger partial charge in [-0.25, -0.2) is 9.37 Å². The van der Waals surface area contributed by atoms with Gasteiger partial charge in [-0.2, -0.15) is 0 Å². The second kappa shape index (κ2) is 8.28. The third-order valence-electron chi connectivity index (χ3n) is 5.76. The van der Waals surface area contributed by atoms with Crippen molar-refractivity contribution in [1.29, 1.82) is 0 Å². The Morgan fingerprint density at radius 1 is 1.27 bits per heavy atom. The molecule has 0 saturated carbocycles. The number of ether oxygens (including phenoxy) is 1. The van der Waals surface area contributed by atoms with Crippen molar-refractivity contribution >= 4 is 33.8 Å². The molecule has 5 rings (SSSR count). The number of aromatic nitrogens is 4. The maximum absolute atomic E-state index is 14.5. The quantitative estimate of drug-likeness (QED) is 0.495. The highest BCUT2D eigenvalue weighted by Gasteiger charge is 2.22. The van der Waals surface area contributed by atoms with Gasteiger partial charge in [0.25, 0.3) is 5.91 Å². The van der Waals surface area contributed by atoms with Crippen LogP contribution in [0.25, 0.3) is 16.6 Å². The van der Waals surface area contributed by atoms with Crippen molar-refractivity contribution in [3.63, 3.8) is 0 Å². The molecule has 1 fully saturated rings. The van der Waals surface area contributed by atoms with Gasteiger partial charge in [0.2, 0.25) is 5.88 Å².